The van der Waals surface area contributed by atoms with Crippen LogP contribution in [0.2, 0.25) is 0 Å². The zero-order valence-corrected chi connectivity index (χ0v) is 18.0. The molecule has 0 N–H and O–H groups in total. The number of aromatic nitrogens is 3. The topological polar surface area (TPSA) is 58.3 Å². The van der Waals surface area contributed by atoms with Crippen molar-refractivity contribution >= 4 is 5.82 Å². The summed E-state index contributed by atoms with van der Waals surface area (Å²) in [5, 5.41) is 0. The third-order valence-electron chi connectivity index (χ3n) is 5.82. The summed E-state index contributed by atoms with van der Waals surface area (Å²) in [6.07, 6.45) is 5.00. The molecule has 152 valence electrons. The fourth-order valence-electron chi connectivity index (χ4n) is 4.21. The molecule has 0 aromatic carbocycles. The molecule has 2 aromatic rings. The lowest BCUT2D eigenvalue weighted by Gasteiger charge is -2.36. The average molecular weight is 384 g/mol. The number of nitrogens with zero attached hydrogens (tertiary/aromatic N) is 5. The van der Waals surface area contributed by atoms with Crippen molar-refractivity contribution in [1.29, 1.82) is 0 Å². The molecule has 6 nitrogen and oxygen atoms in total. The summed E-state index contributed by atoms with van der Waals surface area (Å²) in [6.45, 7) is 15.8. The maximum absolute atomic E-state index is 5.59. The predicted molar refractivity (Wildman–Crippen MR) is 111 cm³/mol. The first-order valence-electron chi connectivity index (χ1n) is 10.6. The zero-order valence-electron chi connectivity index (χ0n) is 18.0. The van der Waals surface area contributed by atoms with E-state index in [1.165, 1.54) is 23.5 Å². The second-order valence-electron chi connectivity index (χ2n) is 9.48. The first-order chi connectivity index (χ1) is 13.3. The summed E-state index contributed by atoms with van der Waals surface area (Å²) in [5.41, 5.74) is 3.73. The van der Waals surface area contributed by atoms with Crippen LogP contribution in [0.3, 0.4) is 0 Å². The quantitative estimate of drug-likeness (QED) is 0.802. The summed E-state index contributed by atoms with van der Waals surface area (Å²) in [4.78, 5) is 19.4. The molecule has 0 bridgehead atoms. The van der Waals surface area contributed by atoms with E-state index >= 15 is 0 Å². The molecule has 0 radical (unpaired) electrons. The molecule has 0 spiro atoms. The minimum absolute atomic E-state index is 0.0195. The van der Waals surface area contributed by atoms with E-state index in [2.05, 4.69) is 49.4 Å². The molecule has 2 aromatic heterocycles. The summed E-state index contributed by atoms with van der Waals surface area (Å²) < 4.78 is 5.59. The molecule has 2 aliphatic rings. The number of oxazole rings is 1. The summed E-state index contributed by atoms with van der Waals surface area (Å²) in [5.74, 6) is 3.57. The Morgan fingerprint density at radius 3 is 2.50 bits per heavy atom. The minimum Gasteiger partial charge on any atom is -0.448 e. The van der Waals surface area contributed by atoms with Gasteiger partial charge in [-0.1, -0.05) is 34.6 Å². The molecule has 0 unspecified atom stereocenters. The summed E-state index contributed by atoms with van der Waals surface area (Å²) in [6, 6.07) is 0. The molecule has 1 aliphatic carbocycles. The Balaban J connectivity index is 1.48. The lowest BCUT2D eigenvalue weighted by atomic mass is 9.95. The predicted octanol–water partition coefficient (Wildman–Crippen LogP) is 3.70. The third kappa shape index (κ3) is 3.79. The third-order valence-corrected chi connectivity index (χ3v) is 5.82. The molecule has 1 aliphatic heterocycles. The second-order valence-corrected chi connectivity index (χ2v) is 9.48. The first-order valence-corrected chi connectivity index (χ1v) is 10.6. The lowest BCUT2D eigenvalue weighted by molar-refractivity contribution is 0.244. The average Bonchev–Trinajstić information content (AvgIpc) is 3.29. The van der Waals surface area contributed by atoms with Gasteiger partial charge in [0.05, 0.1) is 5.69 Å². The number of aryl methyl sites for hydroxylation is 1. The Morgan fingerprint density at radius 1 is 1.07 bits per heavy atom. The van der Waals surface area contributed by atoms with Gasteiger partial charge in [0.25, 0.3) is 0 Å². The monoisotopic (exact) mass is 383 g/mol. The van der Waals surface area contributed by atoms with E-state index < -0.39 is 0 Å². The molecule has 0 amide bonds. The molecule has 6 heteroatoms. The van der Waals surface area contributed by atoms with Gasteiger partial charge in [0.2, 0.25) is 0 Å². The maximum atomic E-state index is 5.59. The number of hydrogen-bond donors (Lipinski definition) is 0. The Labute approximate surface area is 168 Å². The van der Waals surface area contributed by atoms with Gasteiger partial charge in [-0.15, -0.1) is 0 Å². The van der Waals surface area contributed by atoms with E-state index in [9.17, 15) is 0 Å². The van der Waals surface area contributed by atoms with E-state index in [0.717, 1.165) is 62.8 Å². The number of hydrogen-bond acceptors (Lipinski definition) is 6. The van der Waals surface area contributed by atoms with E-state index in [1.807, 2.05) is 0 Å². The van der Waals surface area contributed by atoms with Crippen molar-refractivity contribution in [3.63, 3.8) is 0 Å². The van der Waals surface area contributed by atoms with Crippen molar-refractivity contribution in [1.82, 2.24) is 19.9 Å². The Hall–Kier alpha value is -1.95. The highest BCUT2D eigenvalue weighted by Crippen LogP contribution is 2.32. The molecule has 1 fully saturated rings. The Bertz CT molecular complexity index is 828. The van der Waals surface area contributed by atoms with E-state index in [1.54, 1.807) is 6.39 Å². The zero-order chi connectivity index (χ0) is 19.9. The molecule has 4 rings (SSSR count). The van der Waals surface area contributed by atoms with Crippen molar-refractivity contribution < 1.29 is 4.42 Å². The summed E-state index contributed by atoms with van der Waals surface area (Å²) >= 11 is 0. The van der Waals surface area contributed by atoms with Gasteiger partial charge in [0.15, 0.2) is 6.39 Å². The van der Waals surface area contributed by atoms with Crippen LogP contribution < -0.4 is 4.90 Å². The molecular formula is C22H33N5O. The minimum atomic E-state index is -0.0195. The van der Waals surface area contributed by atoms with Gasteiger partial charge >= 0.3 is 0 Å². The van der Waals surface area contributed by atoms with Gasteiger partial charge in [-0.25, -0.2) is 15.0 Å². The molecule has 28 heavy (non-hydrogen) atoms. The largest absolute Gasteiger partial charge is 0.448 e. The van der Waals surface area contributed by atoms with E-state index in [0.29, 0.717) is 5.92 Å². The van der Waals surface area contributed by atoms with Crippen LogP contribution in [0.15, 0.2) is 10.8 Å². The standard InChI is InChI=1S/C22H33N5O/c1-15(2)19-18(23-14-28-19)13-26-9-11-27(12-10-26)20-16-7-6-8-17(16)24-21(25-20)22(3,4)5/h14-15H,6-13H2,1-5H3. The molecule has 0 saturated carbocycles. The molecular weight excluding hydrogens is 350 g/mol. The highest BCUT2D eigenvalue weighted by Gasteiger charge is 2.29. The Morgan fingerprint density at radius 2 is 1.82 bits per heavy atom. The van der Waals surface area contributed by atoms with Gasteiger partial charge in [-0.05, 0) is 19.3 Å². The highest BCUT2D eigenvalue weighted by molar-refractivity contribution is 5.52. The number of piperazine rings is 1. The molecule has 3 heterocycles. The lowest BCUT2D eigenvalue weighted by Crippen LogP contribution is -2.47. The van der Waals surface area contributed by atoms with Crippen LogP contribution in [-0.4, -0.2) is 46.0 Å². The summed E-state index contributed by atoms with van der Waals surface area (Å²) in [7, 11) is 0. The normalized spacial score (nSPS) is 18.1. The second kappa shape index (κ2) is 7.47. The van der Waals surface area contributed by atoms with Crippen LogP contribution in [0.5, 0.6) is 0 Å². The fourth-order valence-corrected chi connectivity index (χ4v) is 4.21. The Kier molecular flexibility index (Phi) is 5.17. The fraction of sp³-hybridized carbons (Fsp3) is 0.682. The van der Waals surface area contributed by atoms with Crippen molar-refractivity contribution in [2.24, 2.45) is 0 Å². The molecule has 1 saturated heterocycles. The number of anilines is 1. The van der Waals surface area contributed by atoms with Gasteiger partial charge in [0.1, 0.15) is 17.4 Å². The van der Waals surface area contributed by atoms with Crippen LogP contribution in [0.1, 0.15) is 75.5 Å². The van der Waals surface area contributed by atoms with E-state index in [-0.39, 0.29) is 5.41 Å². The van der Waals surface area contributed by atoms with Crippen molar-refractivity contribution in [2.45, 2.75) is 71.8 Å². The first kappa shape index (κ1) is 19.4. The smallest absolute Gasteiger partial charge is 0.181 e. The van der Waals surface area contributed by atoms with Gasteiger partial charge in [-0.2, -0.15) is 0 Å². The van der Waals surface area contributed by atoms with Crippen molar-refractivity contribution in [3.05, 3.63) is 34.9 Å². The van der Waals surface area contributed by atoms with Gasteiger partial charge < -0.3 is 9.32 Å². The van der Waals surface area contributed by atoms with Crippen LogP contribution in [0.4, 0.5) is 5.82 Å². The van der Waals surface area contributed by atoms with Crippen molar-refractivity contribution in [3.8, 4) is 0 Å². The van der Waals surface area contributed by atoms with Crippen LogP contribution in [-0.2, 0) is 24.8 Å². The highest BCUT2D eigenvalue weighted by atomic mass is 16.3. The number of rotatable bonds is 4. The van der Waals surface area contributed by atoms with Crippen LogP contribution in [0.25, 0.3) is 0 Å². The van der Waals surface area contributed by atoms with Crippen LogP contribution in [0, 0.1) is 0 Å². The van der Waals surface area contributed by atoms with Crippen molar-refractivity contribution in [2.75, 3.05) is 31.1 Å². The molecule has 0 atom stereocenters. The van der Waals surface area contributed by atoms with E-state index in [4.69, 9.17) is 14.4 Å². The number of fused-ring (bicyclic) bond motifs is 1. The van der Waals surface area contributed by atoms with Gasteiger partial charge in [0, 0.05) is 55.3 Å². The van der Waals surface area contributed by atoms with Crippen LogP contribution >= 0.6 is 0 Å². The maximum Gasteiger partial charge on any atom is 0.181 e. The van der Waals surface area contributed by atoms with Gasteiger partial charge in [-0.3, -0.25) is 4.90 Å². The SMILES string of the molecule is CC(C)c1ocnc1CN1CCN(c2nc(C(C)(C)C)nc3c2CCC3)CC1.